The molecule has 0 aromatic rings. The van der Waals surface area contributed by atoms with Crippen LogP contribution in [0.1, 0.15) is 6.42 Å². The molecule has 0 aliphatic carbocycles. The highest BCUT2D eigenvalue weighted by atomic mass is 32.2. The monoisotopic (exact) mass is 323 g/mol. The molecule has 0 amide bonds. The van der Waals surface area contributed by atoms with Crippen LogP contribution in [-0.4, -0.2) is 92.4 Å². The first-order valence-corrected chi connectivity index (χ1v) is 7.89. The number of nitrogens with zero attached hydrogens (tertiary/aromatic N) is 3. The van der Waals surface area contributed by atoms with E-state index in [9.17, 15) is 18.0 Å². The fourth-order valence-corrected chi connectivity index (χ4v) is 3.27. The molecule has 0 spiro atoms. The van der Waals surface area contributed by atoms with Crippen LogP contribution in [0.5, 0.6) is 0 Å². The molecule has 0 bridgehead atoms. The number of carboxylic acid groups (broad SMARTS) is 1. The molecule has 0 saturated carbocycles. The summed E-state index contributed by atoms with van der Waals surface area (Å²) in [6.45, 7) is 1.45. The van der Waals surface area contributed by atoms with Gasteiger partial charge in [-0.05, 0) is 0 Å². The molecule has 1 rings (SSSR count). The van der Waals surface area contributed by atoms with Gasteiger partial charge in [0.1, 0.15) is 0 Å². The molecule has 1 aliphatic rings. The van der Waals surface area contributed by atoms with E-state index in [2.05, 4.69) is 4.74 Å². The SMILES string of the molecule is COC(=O)CN1CCN(S(=O)(=O)N(C)CCC(=O)O)CC1. The predicted molar refractivity (Wildman–Crippen MR) is 73.8 cm³/mol. The zero-order valence-electron chi connectivity index (χ0n) is 12.2. The molecule has 1 fully saturated rings. The van der Waals surface area contributed by atoms with Crippen molar-refractivity contribution in [1.29, 1.82) is 0 Å². The van der Waals surface area contributed by atoms with Crippen LogP contribution < -0.4 is 0 Å². The van der Waals surface area contributed by atoms with Gasteiger partial charge < -0.3 is 9.84 Å². The highest BCUT2D eigenvalue weighted by Gasteiger charge is 2.30. The lowest BCUT2D eigenvalue weighted by Crippen LogP contribution is -2.53. The Balaban J connectivity index is 2.51. The summed E-state index contributed by atoms with van der Waals surface area (Å²) in [5.74, 6) is -1.40. The highest BCUT2D eigenvalue weighted by Crippen LogP contribution is 2.11. The minimum absolute atomic E-state index is 0.0694. The van der Waals surface area contributed by atoms with Gasteiger partial charge in [-0.15, -0.1) is 0 Å². The van der Waals surface area contributed by atoms with E-state index in [-0.39, 0.29) is 38.6 Å². The molecule has 0 aromatic carbocycles. The summed E-state index contributed by atoms with van der Waals surface area (Å²) in [4.78, 5) is 23.5. The third-order valence-corrected chi connectivity index (χ3v) is 5.26. The van der Waals surface area contributed by atoms with E-state index in [1.54, 1.807) is 0 Å². The van der Waals surface area contributed by atoms with Crippen molar-refractivity contribution in [3.63, 3.8) is 0 Å². The number of aliphatic carboxylic acids is 1. The minimum Gasteiger partial charge on any atom is -0.481 e. The van der Waals surface area contributed by atoms with Gasteiger partial charge in [-0.3, -0.25) is 14.5 Å². The average molecular weight is 323 g/mol. The first-order valence-electron chi connectivity index (χ1n) is 6.49. The summed E-state index contributed by atoms with van der Waals surface area (Å²) in [6, 6.07) is 0. The molecule has 0 atom stereocenters. The molecule has 122 valence electrons. The Morgan fingerprint density at radius 3 is 2.29 bits per heavy atom. The highest BCUT2D eigenvalue weighted by molar-refractivity contribution is 7.86. The Morgan fingerprint density at radius 1 is 1.24 bits per heavy atom. The maximum atomic E-state index is 12.2. The summed E-state index contributed by atoms with van der Waals surface area (Å²) in [6.07, 6.45) is -0.238. The maximum Gasteiger partial charge on any atom is 0.319 e. The minimum atomic E-state index is -3.65. The first-order chi connectivity index (χ1) is 9.77. The maximum absolute atomic E-state index is 12.2. The lowest BCUT2D eigenvalue weighted by molar-refractivity contribution is -0.142. The molecule has 9 nitrogen and oxygen atoms in total. The van der Waals surface area contributed by atoms with Crippen LogP contribution in [-0.2, 0) is 24.5 Å². The van der Waals surface area contributed by atoms with Crippen molar-refractivity contribution in [2.75, 3.05) is 53.4 Å². The molecule has 0 aromatic heterocycles. The number of methoxy groups -OCH3 is 1. The largest absolute Gasteiger partial charge is 0.481 e. The molecule has 1 saturated heterocycles. The lowest BCUT2D eigenvalue weighted by Gasteiger charge is -2.35. The van der Waals surface area contributed by atoms with Gasteiger partial charge in [0, 0.05) is 39.8 Å². The smallest absolute Gasteiger partial charge is 0.319 e. The summed E-state index contributed by atoms with van der Waals surface area (Å²) in [7, 11) is -0.988. The molecular formula is C11H21N3O6S. The van der Waals surface area contributed by atoms with Gasteiger partial charge in [-0.25, -0.2) is 0 Å². The van der Waals surface area contributed by atoms with Crippen molar-refractivity contribution in [3.05, 3.63) is 0 Å². The second-order valence-corrected chi connectivity index (χ2v) is 6.76. The molecule has 21 heavy (non-hydrogen) atoms. The van der Waals surface area contributed by atoms with E-state index >= 15 is 0 Å². The number of ether oxygens (including phenoxy) is 1. The second-order valence-electron chi connectivity index (χ2n) is 4.72. The Labute approximate surface area is 124 Å². The van der Waals surface area contributed by atoms with Crippen molar-refractivity contribution in [2.45, 2.75) is 6.42 Å². The second kappa shape index (κ2) is 7.69. The van der Waals surface area contributed by atoms with Gasteiger partial charge in [0.25, 0.3) is 10.2 Å². The van der Waals surface area contributed by atoms with Crippen LogP contribution in [0, 0.1) is 0 Å². The van der Waals surface area contributed by atoms with Crippen molar-refractivity contribution in [2.24, 2.45) is 0 Å². The van der Waals surface area contributed by atoms with Crippen LogP contribution in [0.4, 0.5) is 0 Å². The van der Waals surface area contributed by atoms with Crippen LogP contribution >= 0.6 is 0 Å². The zero-order chi connectivity index (χ0) is 16.0. The number of rotatable bonds is 7. The molecule has 10 heteroatoms. The molecule has 1 aliphatic heterocycles. The van der Waals surface area contributed by atoms with Gasteiger partial charge in [0.05, 0.1) is 20.1 Å². The number of carbonyl (C=O) groups is 2. The Kier molecular flexibility index (Phi) is 6.52. The van der Waals surface area contributed by atoms with Gasteiger partial charge in [0.2, 0.25) is 0 Å². The Morgan fingerprint density at radius 2 is 1.81 bits per heavy atom. The first kappa shape index (κ1) is 17.8. The third-order valence-electron chi connectivity index (χ3n) is 3.27. The number of carbonyl (C=O) groups excluding carboxylic acids is 1. The third kappa shape index (κ3) is 5.23. The van der Waals surface area contributed by atoms with Crippen LogP contribution in [0.2, 0.25) is 0 Å². The quantitative estimate of drug-likeness (QED) is 0.564. The summed E-state index contributed by atoms with van der Waals surface area (Å²) < 4.78 is 31.4. The van der Waals surface area contributed by atoms with E-state index in [1.807, 2.05) is 4.90 Å². The number of hydrogen-bond acceptors (Lipinski definition) is 6. The Hall–Kier alpha value is -1.23. The van der Waals surface area contributed by atoms with Crippen LogP contribution in [0.3, 0.4) is 0 Å². The van der Waals surface area contributed by atoms with Crippen LogP contribution in [0.25, 0.3) is 0 Å². The zero-order valence-corrected chi connectivity index (χ0v) is 13.0. The number of esters is 1. The summed E-state index contributed by atoms with van der Waals surface area (Å²) >= 11 is 0. The van der Waals surface area contributed by atoms with Gasteiger partial charge in [0.15, 0.2) is 0 Å². The van der Waals surface area contributed by atoms with Crippen molar-refractivity contribution in [3.8, 4) is 0 Å². The Bertz CT molecular complexity index is 472. The molecule has 0 unspecified atom stereocenters. The average Bonchev–Trinajstić information content (AvgIpc) is 2.44. The van der Waals surface area contributed by atoms with Gasteiger partial charge in [-0.1, -0.05) is 0 Å². The normalized spacial score (nSPS) is 17.9. The summed E-state index contributed by atoms with van der Waals surface area (Å²) in [5.41, 5.74) is 0. The molecule has 0 radical (unpaired) electrons. The van der Waals surface area contributed by atoms with E-state index in [1.165, 1.54) is 18.5 Å². The van der Waals surface area contributed by atoms with Crippen molar-refractivity contribution in [1.82, 2.24) is 13.5 Å². The predicted octanol–water partition coefficient (Wildman–Crippen LogP) is -1.57. The number of hydrogen-bond donors (Lipinski definition) is 1. The molecule has 1 heterocycles. The number of carboxylic acids is 1. The van der Waals surface area contributed by atoms with Gasteiger partial charge in [-0.2, -0.15) is 17.0 Å². The van der Waals surface area contributed by atoms with E-state index < -0.39 is 16.2 Å². The van der Waals surface area contributed by atoms with Gasteiger partial charge >= 0.3 is 11.9 Å². The molecular weight excluding hydrogens is 302 g/mol. The van der Waals surface area contributed by atoms with Crippen molar-refractivity contribution >= 4 is 22.1 Å². The topological polar surface area (TPSA) is 107 Å². The fourth-order valence-electron chi connectivity index (χ4n) is 1.93. The van der Waals surface area contributed by atoms with Crippen molar-refractivity contribution < 1.29 is 27.9 Å². The standard InChI is InChI=1S/C11H21N3O6S/c1-12(4-3-10(15)16)21(18,19)14-7-5-13(6-8-14)9-11(17)20-2/h3-9H2,1-2H3,(H,15,16). The summed E-state index contributed by atoms with van der Waals surface area (Å²) in [5, 5.41) is 8.59. The van der Waals surface area contributed by atoms with E-state index in [0.717, 1.165) is 4.31 Å². The molecule has 1 N–H and O–H groups in total. The van der Waals surface area contributed by atoms with Crippen LogP contribution in [0.15, 0.2) is 0 Å². The van der Waals surface area contributed by atoms with E-state index in [0.29, 0.717) is 13.1 Å². The fraction of sp³-hybridized carbons (Fsp3) is 0.818. The lowest BCUT2D eigenvalue weighted by atomic mass is 10.3. The number of piperazine rings is 1. The van der Waals surface area contributed by atoms with E-state index in [4.69, 9.17) is 5.11 Å².